The lowest BCUT2D eigenvalue weighted by Gasteiger charge is -2.31. The quantitative estimate of drug-likeness (QED) is 0.229. The molecule has 2 saturated carbocycles. The van der Waals surface area contributed by atoms with Gasteiger partial charge >= 0.3 is 0 Å². The average molecular weight is 521 g/mol. The molecule has 2 fully saturated rings. The molecular weight excluding hydrogens is 480 g/mol. The van der Waals surface area contributed by atoms with Gasteiger partial charge in [0.1, 0.15) is 0 Å². The second kappa shape index (κ2) is 13.0. The molecule has 2 aliphatic rings. The van der Waals surface area contributed by atoms with Crippen molar-refractivity contribution < 1.29 is 27.0 Å². The number of hydrogen-bond donors (Lipinski definition) is 0. The molecule has 204 valence electrons. The van der Waals surface area contributed by atoms with Gasteiger partial charge in [-0.3, -0.25) is 0 Å². The molecule has 0 amide bonds. The molecular formula is C31H40F4O2. The Hall–Kier alpha value is -2.24. The zero-order valence-corrected chi connectivity index (χ0v) is 22.1. The molecule has 0 heterocycles. The fourth-order valence-electron chi connectivity index (χ4n) is 6.29. The normalized spacial score (nSPS) is 24.2. The molecule has 0 saturated heterocycles. The largest absolute Gasteiger partial charge is 0.494 e. The number of hydrogen-bond acceptors (Lipinski definition) is 2. The van der Waals surface area contributed by atoms with Crippen molar-refractivity contribution in [2.75, 3.05) is 13.7 Å². The first-order chi connectivity index (χ1) is 17.9. The van der Waals surface area contributed by atoms with Gasteiger partial charge in [-0.1, -0.05) is 44.7 Å². The molecule has 2 aromatic carbocycles. The molecule has 0 atom stereocenters. The van der Waals surface area contributed by atoms with Crippen molar-refractivity contribution in [2.24, 2.45) is 11.8 Å². The fourth-order valence-corrected chi connectivity index (χ4v) is 6.29. The maximum atomic E-state index is 15.2. The van der Waals surface area contributed by atoms with Crippen LogP contribution in [0.1, 0.15) is 107 Å². The molecule has 2 aromatic rings. The molecule has 37 heavy (non-hydrogen) atoms. The predicted octanol–water partition coefficient (Wildman–Crippen LogP) is 9.46. The highest BCUT2D eigenvalue weighted by molar-refractivity contribution is 5.35. The minimum atomic E-state index is -1.07. The maximum absolute atomic E-state index is 15.2. The molecule has 0 spiro atoms. The molecule has 6 heteroatoms. The highest BCUT2D eigenvalue weighted by atomic mass is 19.2. The Labute approximate surface area is 218 Å². The summed E-state index contributed by atoms with van der Waals surface area (Å²) in [5.74, 6) is -2.81. The van der Waals surface area contributed by atoms with E-state index in [0.29, 0.717) is 24.0 Å². The van der Waals surface area contributed by atoms with Crippen molar-refractivity contribution >= 4 is 0 Å². The van der Waals surface area contributed by atoms with Gasteiger partial charge in [0.2, 0.25) is 11.6 Å². The first-order valence-corrected chi connectivity index (χ1v) is 14.0. The van der Waals surface area contributed by atoms with Gasteiger partial charge in [-0.15, -0.1) is 0 Å². The Balaban J connectivity index is 1.29. The van der Waals surface area contributed by atoms with E-state index in [1.807, 2.05) is 6.07 Å². The van der Waals surface area contributed by atoms with Crippen LogP contribution in [0.15, 0.2) is 24.3 Å². The van der Waals surface area contributed by atoms with Crippen LogP contribution in [0.25, 0.3) is 0 Å². The first kappa shape index (κ1) is 27.8. The third kappa shape index (κ3) is 6.61. The van der Waals surface area contributed by atoms with Crippen molar-refractivity contribution in [3.8, 4) is 11.5 Å². The molecule has 0 aliphatic heterocycles. The summed E-state index contributed by atoms with van der Waals surface area (Å²) in [7, 11) is 1.28. The van der Waals surface area contributed by atoms with E-state index in [9.17, 15) is 8.78 Å². The summed E-state index contributed by atoms with van der Waals surface area (Å²) in [6.45, 7) is 2.47. The van der Waals surface area contributed by atoms with Gasteiger partial charge in [0, 0.05) is 0 Å². The minimum absolute atomic E-state index is 0.0377. The number of halogens is 4. The Kier molecular flexibility index (Phi) is 9.77. The highest BCUT2D eigenvalue weighted by Gasteiger charge is 2.30. The maximum Gasteiger partial charge on any atom is 0.204 e. The molecule has 4 rings (SSSR count). The highest BCUT2D eigenvalue weighted by Crippen LogP contribution is 2.42. The Morgan fingerprint density at radius 3 is 1.70 bits per heavy atom. The molecule has 2 aliphatic carbocycles. The smallest absolute Gasteiger partial charge is 0.204 e. The summed E-state index contributed by atoms with van der Waals surface area (Å²) in [5, 5.41) is 0. The van der Waals surface area contributed by atoms with E-state index in [2.05, 4.69) is 6.92 Å². The Morgan fingerprint density at radius 1 is 0.649 bits per heavy atom. The van der Waals surface area contributed by atoms with Gasteiger partial charge in [0.05, 0.1) is 13.7 Å². The second-order valence-corrected chi connectivity index (χ2v) is 11.0. The van der Waals surface area contributed by atoms with Gasteiger partial charge in [0.25, 0.3) is 0 Å². The van der Waals surface area contributed by atoms with Gasteiger partial charge in [0.15, 0.2) is 23.1 Å². The van der Waals surface area contributed by atoms with Crippen molar-refractivity contribution in [3.05, 3.63) is 58.7 Å². The van der Waals surface area contributed by atoms with Crippen molar-refractivity contribution in [1.29, 1.82) is 0 Å². The van der Waals surface area contributed by atoms with Crippen LogP contribution >= 0.6 is 0 Å². The summed E-state index contributed by atoms with van der Waals surface area (Å²) in [4.78, 5) is 0. The van der Waals surface area contributed by atoms with Crippen LogP contribution in [0, 0.1) is 35.1 Å². The van der Waals surface area contributed by atoms with E-state index in [0.717, 1.165) is 44.4 Å². The molecule has 0 N–H and O–H groups in total. The molecule has 0 aromatic heterocycles. The van der Waals surface area contributed by atoms with E-state index in [1.165, 1.54) is 44.9 Å². The van der Waals surface area contributed by atoms with Crippen LogP contribution in [0.4, 0.5) is 17.6 Å². The number of methoxy groups -OCH3 is 1. The molecule has 0 radical (unpaired) electrons. The zero-order valence-electron chi connectivity index (χ0n) is 22.1. The topological polar surface area (TPSA) is 18.5 Å². The number of unbranched alkanes of at least 4 members (excludes halogenated alkanes) is 2. The predicted molar refractivity (Wildman–Crippen MR) is 138 cm³/mol. The Morgan fingerprint density at radius 2 is 1.16 bits per heavy atom. The lowest BCUT2D eigenvalue weighted by molar-refractivity contribution is 0.191. The van der Waals surface area contributed by atoms with Gasteiger partial charge < -0.3 is 9.47 Å². The summed E-state index contributed by atoms with van der Waals surface area (Å²) < 4.78 is 68.8. The average Bonchev–Trinajstić information content (AvgIpc) is 2.92. The number of benzene rings is 2. The fraction of sp³-hybridized carbons (Fsp3) is 0.613. The molecule has 2 nitrogen and oxygen atoms in total. The van der Waals surface area contributed by atoms with Crippen LogP contribution in [0.2, 0.25) is 0 Å². The van der Waals surface area contributed by atoms with E-state index in [-0.39, 0.29) is 35.9 Å². The standard InChI is InChI=1S/C31H40F4O2/c1-3-4-5-6-20-7-11-22(12-8-20)24-15-16-25(29(33)28(24)32)23-13-9-21(10-14-23)19-37-27-18-17-26(36-2)30(34)31(27)35/h15-18,20-23H,3-14,19H2,1-2H3. The minimum Gasteiger partial charge on any atom is -0.494 e. The van der Waals surface area contributed by atoms with Crippen LogP contribution in [-0.4, -0.2) is 13.7 Å². The Bertz CT molecular complexity index is 1020. The number of ether oxygens (including phenoxy) is 2. The second-order valence-electron chi connectivity index (χ2n) is 11.0. The van der Waals surface area contributed by atoms with E-state index >= 15 is 8.78 Å². The van der Waals surface area contributed by atoms with E-state index < -0.39 is 23.3 Å². The van der Waals surface area contributed by atoms with Gasteiger partial charge in [-0.05, 0) is 98.3 Å². The third-order valence-corrected chi connectivity index (χ3v) is 8.64. The van der Waals surface area contributed by atoms with Gasteiger partial charge in [-0.25, -0.2) is 8.78 Å². The van der Waals surface area contributed by atoms with Crippen molar-refractivity contribution in [1.82, 2.24) is 0 Å². The molecule has 0 unspecified atom stereocenters. The summed E-state index contributed by atoms with van der Waals surface area (Å²) >= 11 is 0. The third-order valence-electron chi connectivity index (χ3n) is 8.64. The summed E-state index contributed by atoms with van der Waals surface area (Å²) in [6, 6.07) is 6.33. The lowest BCUT2D eigenvalue weighted by atomic mass is 9.75. The van der Waals surface area contributed by atoms with Crippen LogP contribution in [0.5, 0.6) is 11.5 Å². The van der Waals surface area contributed by atoms with Crippen molar-refractivity contribution in [2.45, 2.75) is 95.8 Å². The SMILES string of the molecule is CCCCCC1CCC(c2ccc(C3CCC(COc4ccc(OC)c(F)c4F)CC3)c(F)c2F)CC1. The lowest BCUT2D eigenvalue weighted by Crippen LogP contribution is -2.21. The monoisotopic (exact) mass is 520 g/mol. The summed E-state index contributed by atoms with van der Waals surface area (Å²) in [6.07, 6.45) is 12.1. The van der Waals surface area contributed by atoms with Gasteiger partial charge in [-0.2, -0.15) is 8.78 Å². The zero-order chi connectivity index (χ0) is 26.4. The van der Waals surface area contributed by atoms with Crippen molar-refractivity contribution in [3.63, 3.8) is 0 Å². The van der Waals surface area contributed by atoms with Crippen LogP contribution < -0.4 is 9.47 Å². The first-order valence-electron chi connectivity index (χ1n) is 14.0. The molecule has 0 bridgehead atoms. The van der Waals surface area contributed by atoms with Crippen LogP contribution in [0.3, 0.4) is 0 Å². The summed E-state index contributed by atoms with van der Waals surface area (Å²) in [5.41, 5.74) is 1.02. The van der Waals surface area contributed by atoms with Crippen LogP contribution in [-0.2, 0) is 0 Å². The van der Waals surface area contributed by atoms with E-state index in [1.54, 1.807) is 6.07 Å². The van der Waals surface area contributed by atoms with E-state index in [4.69, 9.17) is 9.47 Å². The number of rotatable bonds is 10.